The van der Waals surface area contributed by atoms with Gasteiger partial charge in [0, 0.05) is 58.0 Å². The number of anilines is 1. The third-order valence-corrected chi connectivity index (χ3v) is 7.51. The summed E-state index contributed by atoms with van der Waals surface area (Å²) in [5, 5.41) is 9.21. The number of benzene rings is 2. The van der Waals surface area contributed by atoms with Crippen LogP contribution < -0.4 is 4.90 Å². The molecule has 2 amide bonds. The number of carbonyl (C=O) groups is 2. The average molecular weight is 528 g/mol. The third-order valence-electron chi connectivity index (χ3n) is 6.78. The van der Waals surface area contributed by atoms with Crippen LogP contribution in [0.25, 0.3) is 11.0 Å². The van der Waals surface area contributed by atoms with Gasteiger partial charge in [0.25, 0.3) is 0 Å². The smallest absolute Gasteiger partial charge is 0.347 e. The van der Waals surface area contributed by atoms with E-state index in [9.17, 15) is 9.59 Å². The van der Waals surface area contributed by atoms with Crippen molar-refractivity contribution < 1.29 is 9.59 Å². The molecule has 11 heteroatoms. The zero-order chi connectivity index (χ0) is 25.2. The van der Waals surface area contributed by atoms with Crippen molar-refractivity contribution in [2.45, 2.75) is 6.04 Å². The highest BCUT2D eigenvalue weighted by molar-refractivity contribution is 6.42. The summed E-state index contributed by atoms with van der Waals surface area (Å²) in [5.74, 6) is -0.0599. The van der Waals surface area contributed by atoms with Crippen molar-refractivity contribution in [1.82, 2.24) is 29.7 Å². The molecule has 2 aliphatic heterocycles. The highest BCUT2D eigenvalue weighted by atomic mass is 35.5. The minimum absolute atomic E-state index is 0.0599. The minimum atomic E-state index is -0.620. The molecule has 36 heavy (non-hydrogen) atoms. The molecule has 3 heterocycles. The van der Waals surface area contributed by atoms with Crippen molar-refractivity contribution in [2.75, 3.05) is 57.3 Å². The van der Waals surface area contributed by atoms with Gasteiger partial charge < -0.3 is 14.7 Å². The fourth-order valence-electron chi connectivity index (χ4n) is 4.84. The zero-order valence-electron chi connectivity index (χ0n) is 19.8. The number of hydrogen-bond donors (Lipinski definition) is 0. The maximum absolute atomic E-state index is 13.8. The Balaban J connectivity index is 1.33. The minimum Gasteiger partial charge on any atom is -0.368 e. The largest absolute Gasteiger partial charge is 0.368 e. The fourth-order valence-corrected chi connectivity index (χ4v) is 5.13. The van der Waals surface area contributed by atoms with Crippen molar-refractivity contribution in [2.24, 2.45) is 0 Å². The van der Waals surface area contributed by atoms with E-state index in [0.717, 1.165) is 5.69 Å². The molecule has 1 atom stereocenters. The molecule has 0 radical (unpaired) electrons. The maximum Gasteiger partial charge on any atom is 0.347 e. The predicted molar refractivity (Wildman–Crippen MR) is 141 cm³/mol. The Morgan fingerprint density at radius 3 is 2.53 bits per heavy atom. The van der Waals surface area contributed by atoms with Gasteiger partial charge in [0.2, 0.25) is 5.91 Å². The second-order valence-corrected chi connectivity index (χ2v) is 9.76. The lowest BCUT2D eigenvalue weighted by Gasteiger charge is -2.43. The first-order valence-corrected chi connectivity index (χ1v) is 12.7. The van der Waals surface area contributed by atoms with Gasteiger partial charge in [0.05, 0.1) is 15.6 Å². The Morgan fingerprint density at radius 2 is 1.78 bits per heavy atom. The number of amides is 2. The molecule has 3 aromatic rings. The molecule has 0 aliphatic carbocycles. The maximum atomic E-state index is 13.8. The van der Waals surface area contributed by atoms with Crippen LogP contribution in [0.3, 0.4) is 0 Å². The molecule has 2 aromatic carbocycles. The number of carbonyl (C=O) groups excluding carboxylic acids is 2. The molecule has 2 aliphatic rings. The molecule has 0 N–H and O–H groups in total. The van der Waals surface area contributed by atoms with E-state index in [1.54, 1.807) is 17.0 Å². The van der Waals surface area contributed by atoms with Crippen molar-refractivity contribution >= 4 is 51.9 Å². The number of piperazine rings is 2. The lowest BCUT2D eigenvalue weighted by Crippen LogP contribution is -2.63. The number of aromatic nitrogens is 3. The van der Waals surface area contributed by atoms with Crippen molar-refractivity contribution in [3.05, 3.63) is 65.2 Å². The number of nitrogens with zero attached hydrogens (tertiary/aromatic N) is 7. The quantitative estimate of drug-likeness (QED) is 0.484. The molecular weight excluding hydrogens is 501 g/mol. The van der Waals surface area contributed by atoms with Gasteiger partial charge in [-0.3, -0.25) is 9.69 Å². The van der Waals surface area contributed by atoms with Crippen LogP contribution in [0.2, 0.25) is 10.0 Å². The summed E-state index contributed by atoms with van der Waals surface area (Å²) in [4.78, 5) is 35.2. The van der Waals surface area contributed by atoms with E-state index in [0.29, 0.717) is 73.4 Å². The van der Waals surface area contributed by atoms with Gasteiger partial charge in [0.1, 0.15) is 11.6 Å². The van der Waals surface area contributed by atoms with Gasteiger partial charge in [-0.1, -0.05) is 46.6 Å². The molecule has 2 saturated heterocycles. The monoisotopic (exact) mass is 527 g/mol. The van der Waals surface area contributed by atoms with Crippen LogP contribution in [-0.4, -0.2) is 100 Å². The first-order chi connectivity index (χ1) is 17.5. The number of para-hydroxylation sites is 1. The Bertz CT molecular complexity index is 1290. The van der Waals surface area contributed by atoms with Crippen LogP contribution in [0.4, 0.5) is 10.5 Å². The van der Waals surface area contributed by atoms with E-state index in [4.69, 9.17) is 23.2 Å². The number of rotatable bonds is 4. The van der Waals surface area contributed by atoms with Crippen molar-refractivity contribution in [1.29, 1.82) is 0 Å². The summed E-state index contributed by atoms with van der Waals surface area (Å²) < 4.78 is 1.29. The summed E-state index contributed by atoms with van der Waals surface area (Å²) in [7, 11) is 0. The molecule has 2 fully saturated rings. The SMILES string of the molecule is C=CCN1CCN(C(=O)n2nnc3ccccc32)[C@@H](C(=O)N2CCN(c3ccc(Cl)c(Cl)c3)CC2)C1. The van der Waals surface area contributed by atoms with Crippen molar-refractivity contribution in [3.8, 4) is 0 Å². The van der Waals surface area contributed by atoms with Gasteiger partial charge >= 0.3 is 6.03 Å². The number of hydrogen-bond acceptors (Lipinski definition) is 6. The van der Waals surface area contributed by atoms with E-state index < -0.39 is 6.04 Å². The molecule has 9 nitrogen and oxygen atoms in total. The molecule has 0 unspecified atom stereocenters. The summed E-state index contributed by atoms with van der Waals surface area (Å²) in [6.07, 6.45) is 1.82. The molecule has 5 rings (SSSR count). The van der Waals surface area contributed by atoms with Gasteiger partial charge in [-0.2, -0.15) is 4.68 Å². The zero-order valence-corrected chi connectivity index (χ0v) is 21.3. The predicted octanol–water partition coefficient (Wildman–Crippen LogP) is 3.23. The van der Waals surface area contributed by atoms with Crippen LogP contribution in [0.5, 0.6) is 0 Å². The number of halogens is 2. The van der Waals surface area contributed by atoms with Crippen molar-refractivity contribution in [3.63, 3.8) is 0 Å². The highest BCUT2D eigenvalue weighted by Gasteiger charge is 2.39. The highest BCUT2D eigenvalue weighted by Crippen LogP contribution is 2.28. The number of fused-ring (bicyclic) bond motifs is 1. The standard InChI is InChI=1S/C25H27Cl2N7O2/c1-2-9-30-10-15-33(25(36)34-22-6-4-3-5-21(22)28-29-34)23(17-30)24(35)32-13-11-31(12-14-32)18-7-8-19(26)20(27)16-18/h2-8,16,23H,1,9-15,17H2/t23-/m1/s1. The fraction of sp³-hybridized carbons (Fsp3) is 0.360. The van der Waals surface area contributed by atoms with Crippen LogP contribution >= 0.6 is 23.2 Å². The topological polar surface area (TPSA) is 77.8 Å². The summed E-state index contributed by atoms with van der Waals surface area (Å²) in [5.41, 5.74) is 2.23. The lowest BCUT2D eigenvalue weighted by molar-refractivity contribution is -0.138. The van der Waals surface area contributed by atoms with Gasteiger partial charge in [-0.15, -0.1) is 11.7 Å². The van der Waals surface area contributed by atoms with E-state index in [1.807, 2.05) is 41.3 Å². The van der Waals surface area contributed by atoms with E-state index in [1.165, 1.54) is 4.68 Å². The average Bonchev–Trinajstić information content (AvgIpc) is 3.34. The van der Waals surface area contributed by atoms with E-state index in [-0.39, 0.29) is 11.9 Å². The van der Waals surface area contributed by atoms with E-state index >= 15 is 0 Å². The molecule has 188 valence electrons. The van der Waals surface area contributed by atoms with Gasteiger partial charge in [-0.25, -0.2) is 4.79 Å². The molecule has 0 saturated carbocycles. The normalized spacial score (nSPS) is 19.1. The van der Waals surface area contributed by atoms with Gasteiger partial charge in [0.15, 0.2) is 0 Å². The van der Waals surface area contributed by atoms with Crippen LogP contribution in [0, 0.1) is 0 Å². The first kappa shape index (κ1) is 24.5. The second-order valence-electron chi connectivity index (χ2n) is 8.94. The molecule has 0 spiro atoms. The summed E-state index contributed by atoms with van der Waals surface area (Å²) in [6, 6.07) is 11.9. The summed E-state index contributed by atoms with van der Waals surface area (Å²) >= 11 is 12.3. The Morgan fingerprint density at radius 1 is 1.00 bits per heavy atom. The molecular formula is C25H27Cl2N7O2. The Labute approximate surface area is 219 Å². The summed E-state index contributed by atoms with van der Waals surface area (Å²) in [6.45, 7) is 8.41. The van der Waals surface area contributed by atoms with Crippen LogP contribution in [0.15, 0.2) is 55.1 Å². The van der Waals surface area contributed by atoms with E-state index in [2.05, 4.69) is 26.7 Å². The lowest BCUT2D eigenvalue weighted by atomic mass is 10.1. The second kappa shape index (κ2) is 10.5. The van der Waals surface area contributed by atoms with Crippen LogP contribution in [-0.2, 0) is 4.79 Å². The van der Waals surface area contributed by atoms with Gasteiger partial charge in [-0.05, 0) is 30.3 Å². The van der Waals surface area contributed by atoms with Crippen LogP contribution in [0.1, 0.15) is 0 Å². The third kappa shape index (κ3) is 4.78. The molecule has 0 bridgehead atoms. The molecule has 1 aromatic heterocycles. The Hall–Kier alpha value is -3.14. The Kier molecular flexibility index (Phi) is 7.13. The first-order valence-electron chi connectivity index (χ1n) is 11.9.